The van der Waals surface area contributed by atoms with Crippen molar-refractivity contribution in [2.75, 3.05) is 4.90 Å². The van der Waals surface area contributed by atoms with Gasteiger partial charge in [-0.3, -0.25) is 9.59 Å². The SMILES string of the molecule is Cc1ccc(C2=C(SC(C)C)C(=O)N(c3ccc(Br)cc3)C2=O)cc1C. The first-order valence-corrected chi connectivity index (χ1v) is 10.1. The third-order valence-corrected chi connectivity index (χ3v) is 5.89. The quantitative estimate of drug-likeness (QED) is 0.602. The molecule has 134 valence electrons. The van der Waals surface area contributed by atoms with Gasteiger partial charge in [0.25, 0.3) is 11.8 Å². The molecular formula is C21H20BrNO2S. The maximum Gasteiger partial charge on any atom is 0.272 e. The van der Waals surface area contributed by atoms with E-state index in [-0.39, 0.29) is 17.1 Å². The first-order valence-electron chi connectivity index (χ1n) is 8.42. The Balaban J connectivity index is 2.12. The number of rotatable bonds is 4. The highest BCUT2D eigenvalue weighted by Gasteiger charge is 2.40. The molecule has 0 unspecified atom stereocenters. The van der Waals surface area contributed by atoms with Crippen LogP contribution in [0.1, 0.15) is 30.5 Å². The molecule has 0 aliphatic carbocycles. The number of anilines is 1. The molecule has 0 radical (unpaired) electrons. The number of carbonyl (C=O) groups is 2. The second-order valence-corrected chi connectivity index (χ2v) is 9.09. The summed E-state index contributed by atoms with van der Waals surface area (Å²) in [6.45, 7) is 8.10. The molecule has 2 amide bonds. The second-order valence-electron chi connectivity index (χ2n) is 6.59. The highest BCUT2D eigenvalue weighted by molar-refractivity contribution is 9.10. The average molecular weight is 430 g/mol. The van der Waals surface area contributed by atoms with Gasteiger partial charge in [0.2, 0.25) is 0 Å². The number of hydrogen-bond acceptors (Lipinski definition) is 3. The van der Waals surface area contributed by atoms with E-state index in [2.05, 4.69) is 15.9 Å². The van der Waals surface area contributed by atoms with Gasteiger partial charge in [-0.2, -0.15) is 0 Å². The number of amides is 2. The van der Waals surface area contributed by atoms with Crippen molar-refractivity contribution >= 4 is 50.8 Å². The highest BCUT2D eigenvalue weighted by Crippen LogP contribution is 2.40. The van der Waals surface area contributed by atoms with Crippen LogP contribution in [0, 0.1) is 13.8 Å². The minimum atomic E-state index is -0.260. The van der Waals surface area contributed by atoms with Crippen LogP contribution in [-0.2, 0) is 9.59 Å². The minimum Gasteiger partial charge on any atom is -0.268 e. The summed E-state index contributed by atoms with van der Waals surface area (Å²) in [5.41, 5.74) is 4.15. The van der Waals surface area contributed by atoms with Gasteiger partial charge >= 0.3 is 0 Å². The molecule has 0 saturated heterocycles. The zero-order valence-corrected chi connectivity index (χ0v) is 17.6. The molecule has 5 heteroatoms. The molecule has 2 aromatic carbocycles. The van der Waals surface area contributed by atoms with E-state index in [1.807, 2.05) is 58.0 Å². The standard InChI is InChI=1S/C21H20BrNO2S/c1-12(2)26-19-18(15-6-5-13(3)14(4)11-15)20(24)23(21(19)25)17-9-7-16(22)8-10-17/h5-12H,1-4H3. The van der Waals surface area contributed by atoms with Crippen LogP contribution in [0.4, 0.5) is 5.69 Å². The van der Waals surface area contributed by atoms with E-state index in [9.17, 15) is 9.59 Å². The third-order valence-electron chi connectivity index (χ3n) is 4.28. The highest BCUT2D eigenvalue weighted by atomic mass is 79.9. The van der Waals surface area contributed by atoms with E-state index in [0.717, 1.165) is 21.2 Å². The predicted molar refractivity (Wildman–Crippen MR) is 112 cm³/mol. The van der Waals surface area contributed by atoms with Gasteiger partial charge in [0.15, 0.2) is 0 Å². The fourth-order valence-corrected chi connectivity index (χ4v) is 4.08. The molecule has 0 fully saturated rings. The van der Waals surface area contributed by atoms with Gasteiger partial charge in [0, 0.05) is 9.72 Å². The monoisotopic (exact) mass is 429 g/mol. The maximum absolute atomic E-state index is 13.2. The fourth-order valence-electron chi connectivity index (χ4n) is 2.83. The molecule has 3 nitrogen and oxygen atoms in total. The maximum atomic E-state index is 13.2. The molecule has 0 N–H and O–H groups in total. The Morgan fingerprint density at radius 2 is 1.58 bits per heavy atom. The number of imide groups is 1. The summed E-state index contributed by atoms with van der Waals surface area (Å²) in [6.07, 6.45) is 0. The van der Waals surface area contributed by atoms with Gasteiger partial charge in [-0.25, -0.2) is 4.90 Å². The van der Waals surface area contributed by atoms with Crippen LogP contribution in [0.3, 0.4) is 0 Å². The zero-order chi connectivity index (χ0) is 19.0. The molecule has 3 rings (SSSR count). The average Bonchev–Trinajstić information content (AvgIpc) is 2.81. The van der Waals surface area contributed by atoms with Crippen LogP contribution in [-0.4, -0.2) is 17.1 Å². The van der Waals surface area contributed by atoms with Gasteiger partial charge in [0.05, 0.1) is 16.2 Å². The summed E-state index contributed by atoms with van der Waals surface area (Å²) in [5.74, 6) is -0.507. The zero-order valence-electron chi connectivity index (χ0n) is 15.2. The number of benzene rings is 2. The lowest BCUT2D eigenvalue weighted by Gasteiger charge is -2.15. The molecule has 0 bridgehead atoms. The molecule has 0 spiro atoms. The molecule has 2 aromatic rings. The second kappa shape index (κ2) is 7.41. The van der Waals surface area contributed by atoms with Crippen molar-refractivity contribution in [2.24, 2.45) is 0 Å². The lowest BCUT2D eigenvalue weighted by atomic mass is 10.0. The largest absolute Gasteiger partial charge is 0.272 e. The number of carbonyl (C=O) groups excluding carboxylic acids is 2. The summed E-state index contributed by atoms with van der Waals surface area (Å²) in [7, 11) is 0. The first kappa shape index (κ1) is 18.9. The lowest BCUT2D eigenvalue weighted by Crippen LogP contribution is -2.31. The van der Waals surface area contributed by atoms with E-state index < -0.39 is 0 Å². The van der Waals surface area contributed by atoms with E-state index >= 15 is 0 Å². The van der Waals surface area contributed by atoms with Gasteiger partial charge < -0.3 is 0 Å². The Labute approximate surface area is 166 Å². The summed E-state index contributed by atoms with van der Waals surface area (Å²) in [5, 5.41) is 0.202. The molecule has 0 atom stereocenters. The number of aryl methyl sites for hydroxylation is 2. The van der Waals surface area contributed by atoms with Crippen LogP contribution < -0.4 is 4.90 Å². The predicted octanol–water partition coefficient (Wildman–Crippen LogP) is 5.49. The van der Waals surface area contributed by atoms with Gasteiger partial charge in [-0.15, -0.1) is 11.8 Å². The normalized spacial score (nSPS) is 14.8. The molecular weight excluding hydrogens is 410 g/mol. The van der Waals surface area contributed by atoms with Gasteiger partial charge in [-0.05, 0) is 54.8 Å². The summed E-state index contributed by atoms with van der Waals surface area (Å²) in [6, 6.07) is 13.1. The Bertz CT molecular complexity index is 916. The van der Waals surface area contributed by atoms with E-state index in [1.165, 1.54) is 16.7 Å². The van der Waals surface area contributed by atoms with Crippen molar-refractivity contribution in [3.8, 4) is 0 Å². The van der Waals surface area contributed by atoms with Crippen molar-refractivity contribution in [2.45, 2.75) is 32.9 Å². The minimum absolute atomic E-state index is 0.202. The summed E-state index contributed by atoms with van der Waals surface area (Å²) in [4.78, 5) is 28.1. The Morgan fingerprint density at radius 3 is 2.15 bits per heavy atom. The van der Waals surface area contributed by atoms with Gasteiger partial charge in [0.1, 0.15) is 0 Å². The van der Waals surface area contributed by atoms with Crippen LogP contribution >= 0.6 is 27.7 Å². The fraction of sp³-hybridized carbons (Fsp3) is 0.238. The smallest absolute Gasteiger partial charge is 0.268 e. The van der Waals surface area contributed by atoms with Crippen LogP contribution in [0.15, 0.2) is 51.8 Å². The van der Waals surface area contributed by atoms with E-state index in [0.29, 0.717) is 16.2 Å². The molecule has 1 aliphatic heterocycles. The van der Waals surface area contributed by atoms with Crippen molar-refractivity contribution in [3.63, 3.8) is 0 Å². The Hall–Kier alpha value is -1.85. The van der Waals surface area contributed by atoms with Crippen molar-refractivity contribution in [1.29, 1.82) is 0 Å². The molecule has 26 heavy (non-hydrogen) atoms. The number of halogens is 1. The van der Waals surface area contributed by atoms with Crippen LogP contribution in [0.2, 0.25) is 0 Å². The van der Waals surface area contributed by atoms with E-state index in [1.54, 1.807) is 12.1 Å². The Morgan fingerprint density at radius 1 is 0.923 bits per heavy atom. The summed E-state index contributed by atoms with van der Waals surface area (Å²) >= 11 is 4.84. The first-order chi connectivity index (χ1) is 12.3. The Kier molecular flexibility index (Phi) is 5.39. The summed E-state index contributed by atoms with van der Waals surface area (Å²) < 4.78 is 0.902. The number of nitrogens with zero attached hydrogens (tertiary/aromatic N) is 1. The molecule has 0 aromatic heterocycles. The van der Waals surface area contributed by atoms with E-state index in [4.69, 9.17) is 0 Å². The molecule has 1 heterocycles. The molecule has 1 aliphatic rings. The number of hydrogen-bond donors (Lipinski definition) is 0. The third kappa shape index (κ3) is 3.51. The van der Waals surface area contributed by atoms with Crippen molar-refractivity contribution in [1.82, 2.24) is 0 Å². The molecule has 0 saturated carbocycles. The van der Waals surface area contributed by atoms with Gasteiger partial charge in [-0.1, -0.05) is 48.0 Å². The van der Waals surface area contributed by atoms with Crippen molar-refractivity contribution < 1.29 is 9.59 Å². The van der Waals surface area contributed by atoms with Crippen LogP contribution in [0.5, 0.6) is 0 Å². The van der Waals surface area contributed by atoms with Crippen molar-refractivity contribution in [3.05, 3.63) is 68.5 Å². The van der Waals surface area contributed by atoms with Crippen LogP contribution in [0.25, 0.3) is 5.57 Å². The lowest BCUT2D eigenvalue weighted by molar-refractivity contribution is -0.119. The topological polar surface area (TPSA) is 37.4 Å². The number of thioether (sulfide) groups is 1.